The van der Waals surface area contributed by atoms with Crippen LogP contribution in [0.1, 0.15) is 0 Å². The van der Waals surface area contributed by atoms with Gasteiger partial charge in [-0.25, -0.2) is 0 Å². The van der Waals surface area contributed by atoms with E-state index in [2.05, 4.69) is 0 Å². The van der Waals surface area contributed by atoms with Crippen LogP contribution < -0.4 is 13.6 Å². The van der Waals surface area contributed by atoms with E-state index in [0.717, 1.165) is 0 Å². The van der Waals surface area contributed by atoms with Crippen LogP contribution in [-0.4, -0.2) is 29.6 Å². The summed E-state index contributed by atoms with van der Waals surface area (Å²) in [4.78, 5) is 0. The fourth-order valence-corrected chi connectivity index (χ4v) is 3.14. The molecule has 0 unspecified atom stereocenters. The summed E-state index contributed by atoms with van der Waals surface area (Å²) >= 11 is 0. The first-order valence-electron chi connectivity index (χ1n) is 7.07. The van der Waals surface area contributed by atoms with E-state index in [1.807, 2.05) is 18.2 Å². The fraction of sp³-hybridized carbons (Fsp3) is 0. The first kappa shape index (κ1) is 18.6. The number of hydrogen-bond donors (Lipinski definition) is 0. The Kier molecular flexibility index (Phi) is 6.95. The molecular formula is C18H15NaO4P. The van der Waals surface area contributed by atoms with Crippen LogP contribution in [0.4, 0.5) is 0 Å². The summed E-state index contributed by atoms with van der Waals surface area (Å²) in [5.74, 6) is 1.22. The zero-order valence-electron chi connectivity index (χ0n) is 13.2. The van der Waals surface area contributed by atoms with E-state index >= 15 is 0 Å². The van der Waals surface area contributed by atoms with Gasteiger partial charge in [-0.15, -0.1) is 0 Å². The van der Waals surface area contributed by atoms with Crippen LogP contribution in [0.5, 0.6) is 17.2 Å². The van der Waals surface area contributed by atoms with Gasteiger partial charge in [0.25, 0.3) is 0 Å². The molecule has 0 N–H and O–H groups in total. The minimum absolute atomic E-state index is 0. The van der Waals surface area contributed by atoms with E-state index in [1.165, 1.54) is 0 Å². The van der Waals surface area contributed by atoms with Crippen LogP contribution in [0.25, 0.3) is 0 Å². The Morgan fingerprint density at radius 1 is 0.500 bits per heavy atom. The molecule has 4 nitrogen and oxygen atoms in total. The second-order valence-electron chi connectivity index (χ2n) is 4.66. The van der Waals surface area contributed by atoms with Crippen LogP contribution in [0, 0.1) is 0 Å². The molecule has 3 aromatic carbocycles. The standard InChI is InChI=1S/C18H15O4P.Na/c19-23(20-16-10-4-1-5-11-16,21-17-12-6-2-7-13-17)22-18-14-8-3-9-15-18;/h1-15H;. The summed E-state index contributed by atoms with van der Waals surface area (Å²) in [7, 11) is -3.89. The van der Waals surface area contributed by atoms with Crippen LogP contribution in [0.2, 0.25) is 0 Å². The maximum atomic E-state index is 13.1. The van der Waals surface area contributed by atoms with Crippen molar-refractivity contribution in [2.75, 3.05) is 0 Å². The Labute approximate surface area is 163 Å². The third-order valence-electron chi connectivity index (χ3n) is 2.88. The summed E-state index contributed by atoms with van der Waals surface area (Å²) in [6, 6.07) is 26.4. The number of para-hydroxylation sites is 3. The van der Waals surface area contributed by atoms with Crippen molar-refractivity contribution in [3.05, 3.63) is 91.0 Å². The second kappa shape index (κ2) is 8.95. The number of hydrogen-bond acceptors (Lipinski definition) is 4. The van der Waals surface area contributed by atoms with Crippen LogP contribution in [-0.2, 0) is 4.57 Å². The molecule has 0 fully saturated rings. The predicted octanol–water partition coefficient (Wildman–Crippen LogP) is 4.95. The Morgan fingerprint density at radius 2 is 0.750 bits per heavy atom. The summed E-state index contributed by atoms with van der Waals surface area (Å²) in [6.45, 7) is 0. The quantitative estimate of drug-likeness (QED) is 0.466. The van der Waals surface area contributed by atoms with Gasteiger partial charge in [0.15, 0.2) is 0 Å². The van der Waals surface area contributed by atoms with Crippen molar-refractivity contribution >= 4 is 37.4 Å². The zero-order valence-corrected chi connectivity index (χ0v) is 16.1. The van der Waals surface area contributed by atoms with Gasteiger partial charge in [-0.1, -0.05) is 54.6 Å². The van der Waals surface area contributed by atoms with Gasteiger partial charge < -0.3 is 13.6 Å². The Balaban J connectivity index is 0.00000208. The van der Waals surface area contributed by atoms with Crippen molar-refractivity contribution in [3.8, 4) is 17.2 Å². The van der Waals surface area contributed by atoms with E-state index in [0.29, 0.717) is 17.2 Å². The van der Waals surface area contributed by atoms with Gasteiger partial charge in [-0.05, 0) is 36.4 Å². The van der Waals surface area contributed by atoms with E-state index in [4.69, 9.17) is 13.6 Å². The smallest absolute Gasteiger partial charge is 0.386 e. The number of rotatable bonds is 6. The molecular weight excluding hydrogens is 334 g/mol. The van der Waals surface area contributed by atoms with Gasteiger partial charge in [-0.3, -0.25) is 0 Å². The second-order valence-corrected chi connectivity index (χ2v) is 6.10. The van der Waals surface area contributed by atoms with Crippen LogP contribution in [0.15, 0.2) is 91.0 Å². The average molecular weight is 349 g/mol. The molecule has 0 aliphatic carbocycles. The fourth-order valence-electron chi connectivity index (χ4n) is 1.89. The monoisotopic (exact) mass is 349 g/mol. The van der Waals surface area contributed by atoms with Gasteiger partial charge in [0, 0.05) is 29.6 Å². The van der Waals surface area contributed by atoms with Gasteiger partial charge in [0.1, 0.15) is 17.2 Å². The first-order valence-corrected chi connectivity index (χ1v) is 8.54. The molecule has 0 atom stereocenters. The normalized spacial score (nSPS) is 10.3. The average Bonchev–Trinajstić information content (AvgIpc) is 2.57. The molecule has 6 heteroatoms. The molecule has 0 heterocycles. The zero-order chi connectivity index (χ0) is 16.0. The molecule has 0 aromatic heterocycles. The summed E-state index contributed by atoms with van der Waals surface area (Å²) in [6.07, 6.45) is 0. The van der Waals surface area contributed by atoms with Gasteiger partial charge >= 0.3 is 7.82 Å². The maximum Gasteiger partial charge on any atom is 0.647 e. The predicted molar refractivity (Wildman–Crippen MR) is 94.6 cm³/mol. The molecule has 0 bridgehead atoms. The molecule has 1 radical (unpaired) electrons. The molecule has 0 spiro atoms. The number of phosphoric ester groups is 1. The topological polar surface area (TPSA) is 44.8 Å². The molecule has 3 rings (SSSR count). The van der Waals surface area contributed by atoms with E-state index < -0.39 is 7.82 Å². The molecule has 0 aliphatic rings. The van der Waals surface area contributed by atoms with Crippen LogP contribution in [0.3, 0.4) is 0 Å². The van der Waals surface area contributed by atoms with Crippen molar-refractivity contribution in [3.63, 3.8) is 0 Å². The third kappa shape index (κ3) is 5.43. The van der Waals surface area contributed by atoms with Crippen molar-refractivity contribution in [1.29, 1.82) is 0 Å². The minimum Gasteiger partial charge on any atom is -0.386 e. The van der Waals surface area contributed by atoms with Crippen molar-refractivity contribution in [2.24, 2.45) is 0 Å². The Bertz CT molecular complexity index is 674. The maximum absolute atomic E-state index is 13.1. The van der Waals surface area contributed by atoms with E-state index in [1.54, 1.807) is 72.8 Å². The van der Waals surface area contributed by atoms with Gasteiger partial charge in [-0.2, -0.15) is 4.57 Å². The summed E-state index contributed by atoms with van der Waals surface area (Å²) in [5.41, 5.74) is 0. The first-order chi connectivity index (χ1) is 11.2. The van der Waals surface area contributed by atoms with Gasteiger partial charge in [0.05, 0.1) is 0 Å². The summed E-state index contributed by atoms with van der Waals surface area (Å²) in [5, 5.41) is 0. The molecule has 117 valence electrons. The molecule has 0 saturated heterocycles. The summed E-state index contributed by atoms with van der Waals surface area (Å²) < 4.78 is 29.6. The molecule has 3 aromatic rings. The van der Waals surface area contributed by atoms with Crippen molar-refractivity contribution in [2.45, 2.75) is 0 Å². The van der Waals surface area contributed by atoms with Gasteiger partial charge in [0.2, 0.25) is 0 Å². The molecule has 0 aliphatic heterocycles. The SMILES string of the molecule is O=P(Oc1ccccc1)(Oc1ccccc1)Oc1ccccc1.[Na]. The molecule has 24 heavy (non-hydrogen) atoms. The largest absolute Gasteiger partial charge is 0.647 e. The Hall–Kier alpha value is -1.71. The van der Waals surface area contributed by atoms with E-state index in [-0.39, 0.29) is 29.6 Å². The number of phosphoric acid groups is 1. The Morgan fingerprint density at radius 3 is 1.00 bits per heavy atom. The van der Waals surface area contributed by atoms with E-state index in [9.17, 15) is 4.57 Å². The number of benzene rings is 3. The minimum atomic E-state index is -3.89. The third-order valence-corrected chi connectivity index (χ3v) is 4.18. The van der Waals surface area contributed by atoms with Crippen molar-refractivity contribution in [1.82, 2.24) is 0 Å². The van der Waals surface area contributed by atoms with Crippen molar-refractivity contribution < 1.29 is 18.1 Å². The molecule has 0 amide bonds. The molecule has 0 saturated carbocycles. The van der Waals surface area contributed by atoms with Crippen LogP contribution >= 0.6 is 7.82 Å².